The van der Waals surface area contributed by atoms with Crippen LogP contribution < -0.4 is 10.1 Å². The van der Waals surface area contributed by atoms with E-state index in [0.29, 0.717) is 5.75 Å². The van der Waals surface area contributed by atoms with Gasteiger partial charge in [-0.1, -0.05) is 13.0 Å². The van der Waals surface area contributed by atoms with Gasteiger partial charge < -0.3 is 20.3 Å². The first-order valence-electron chi connectivity index (χ1n) is 6.53. The van der Waals surface area contributed by atoms with Gasteiger partial charge in [0.1, 0.15) is 24.3 Å². The summed E-state index contributed by atoms with van der Waals surface area (Å²) in [7, 11) is 0. The number of hydrogen-bond donors (Lipinski definition) is 3. The van der Waals surface area contributed by atoms with Gasteiger partial charge >= 0.3 is 0 Å². The van der Waals surface area contributed by atoms with E-state index in [1.807, 2.05) is 6.92 Å². The van der Waals surface area contributed by atoms with Crippen LogP contribution in [0.4, 0.5) is 4.39 Å². The molecule has 1 aromatic rings. The lowest BCUT2D eigenvalue weighted by molar-refractivity contribution is 0.0530. The summed E-state index contributed by atoms with van der Waals surface area (Å²) in [5, 5.41) is 21.3. The van der Waals surface area contributed by atoms with Crippen LogP contribution in [0, 0.1) is 5.82 Å². The van der Waals surface area contributed by atoms with Crippen molar-refractivity contribution in [2.24, 2.45) is 0 Å². The molecule has 0 aliphatic carbocycles. The molecule has 5 heteroatoms. The molecule has 3 N–H and O–H groups in total. The van der Waals surface area contributed by atoms with E-state index in [1.54, 1.807) is 6.07 Å². The first-order chi connectivity index (χ1) is 9.08. The first-order valence-corrected chi connectivity index (χ1v) is 6.53. The SMILES string of the molecule is CCCNC(C)c1ccc(F)cc1OCC(O)CO. The van der Waals surface area contributed by atoms with Gasteiger partial charge in [0.15, 0.2) is 0 Å². The standard InChI is InChI=1S/C14H22FNO3/c1-3-6-16-10(2)13-5-4-11(15)7-14(13)19-9-12(18)8-17/h4-5,7,10,12,16-18H,3,6,8-9H2,1-2H3. The molecular weight excluding hydrogens is 249 g/mol. The summed E-state index contributed by atoms with van der Waals surface area (Å²) in [6.07, 6.45) is 0.0420. The second kappa shape index (κ2) is 8.09. The van der Waals surface area contributed by atoms with Crippen LogP contribution >= 0.6 is 0 Å². The molecule has 0 radical (unpaired) electrons. The van der Waals surface area contributed by atoms with E-state index in [0.717, 1.165) is 18.5 Å². The highest BCUT2D eigenvalue weighted by Crippen LogP contribution is 2.26. The van der Waals surface area contributed by atoms with E-state index >= 15 is 0 Å². The van der Waals surface area contributed by atoms with Gasteiger partial charge in [0.2, 0.25) is 0 Å². The second-order valence-electron chi connectivity index (χ2n) is 4.51. The number of rotatable bonds is 8. The predicted octanol–water partition coefficient (Wildman–Crippen LogP) is 1.62. The van der Waals surface area contributed by atoms with Crippen LogP contribution in [0.15, 0.2) is 18.2 Å². The number of aliphatic hydroxyl groups is 2. The lowest BCUT2D eigenvalue weighted by Gasteiger charge is -2.19. The molecular formula is C14H22FNO3. The van der Waals surface area contributed by atoms with Crippen LogP contribution in [0.3, 0.4) is 0 Å². The Kier molecular flexibility index (Phi) is 6.77. The lowest BCUT2D eigenvalue weighted by atomic mass is 10.1. The van der Waals surface area contributed by atoms with E-state index in [2.05, 4.69) is 12.2 Å². The molecule has 4 nitrogen and oxygen atoms in total. The summed E-state index contributed by atoms with van der Waals surface area (Å²) in [5.74, 6) is 0.00327. The van der Waals surface area contributed by atoms with Gasteiger partial charge in [0.05, 0.1) is 6.61 Å². The van der Waals surface area contributed by atoms with Crippen LogP contribution in [-0.4, -0.2) is 36.1 Å². The maximum atomic E-state index is 13.3. The Morgan fingerprint density at radius 1 is 1.42 bits per heavy atom. The van der Waals surface area contributed by atoms with E-state index in [1.165, 1.54) is 12.1 Å². The fraction of sp³-hybridized carbons (Fsp3) is 0.571. The van der Waals surface area contributed by atoms with Crippen LogP contribution in [0.2, 0.25) is 0 Å². The summed E-state index contributed by atoms with van der Waals surface area (Å²) in [6.45, 7) is 4.45. The van der Waals surface area contributed by atoms with Crippen LogP contribution in [0.25, 0.3) is 0 Å². The number of aliphatic hydroxyl groups excluding tert-OH is 2. The molecule has 0 aliphatic rings. The van der Waals surface area contributed by atoms with Crippen molar-refractivity contribution >= 4 is 0 Å². The number of ether oxygens (including phenoxy) is 1. The second-order valence-corrected chi connectivity index (χ2v) is 4.51. The normalized spacial score (nSPS) is 14.2. The molecule has 0 saturated heterocycles. The molecule has 1 rings (SSSR count). The van der Waals surface area contributed by atoms with Gasteiger partial charge in [-0.05, 0) is 26.0 Å². The van der Waals surface area contributed by atoms with Crippen molar-refractivity contribution in [1.29, 1.82) is 0 Å². The average Bonchev–Trinajstić information content (AvgIpc) is 2.42. The third kappa shape index (κ3) is 5.14. The quantitative estimate of drug-likeness (QED) is 0.672. The zero-order valence-corrected chi connectivity index (χ0v) is 11.4. The molecule has 0 fully saturated rings. The summed E-state index contributed by atoms with van der Waals surface area (Å²) < 4.78 is 18.6. The molecule has 1 aromatic carbocycles. The first kappa shape index (κ1) is 15.9. The predicted molar refractivity (Wildman–Crippen MR) is 71.7 cm³/mol. The van der Waals surface area contributed by atoms with Crippen molar-refractivity contribution in [3.8, 4) is 5.75 Å². The van der Waals surface area contributed by atoms with Crippen molar-refractivity contribution < 1.29 is 19.3 Å². The molecule has 2 atom stereocenters. The molecule has 0 spiro atoms. The topological polar surface area (TPSA) is 61.7 Å². The minimum atomic E-state index is -0.963. The van der Waals surface area contributed by atoms with Crippen LogP contribution in [0.1, 0.15) is 31.9 Å². The highest BCUT2D eigenvalue weighted by molar-refractivity contribution is 5.36. The Morgan fingerprint density at radius 2 is 2.16 bits per heavy atom. The molecule has 2 unspecified atom stereocenters. The monoisotopic (exact) mass is 271 g/mol. The van der Waals surface area contributed by atoms with Gasteiger partial charge in [-0.15, -0.1) is 0 Å². The Labute approximate surface area is 113 Å². The Morgan fingerprint density at radius 3 is 2.79 bits per heavy atom. The molecule has 0 aromatic heterocycles. The molecule has 0 heterocycles. The summed E-state index contributed by atoms with van der Waals surface area (Å²) in [6, 6.07) is 4.38. The van der Waals surface area contributed by atoms with E-state index in [9.17, 15) is 9.50 Å². The average molecular weight is 271 g/mol. The van der Waals surface area contributed by atoms with E-state index in [4.69, 9.17) is 9.84 Å². The van der Waals surface area contributed by atoms with Gasteiger partial charge in [0, 0.05) is 17.7 Å². The minimum Gasteiger partial charge on any atom is -0.490 e. The Hall–Kier alpha value is -1.17. The molecule has 0 aliphatic heterocycles. The third-order valence-corrected chi connectivity index (χ3v) is 2.78. The number of nitrogens with one attached hydrogen (secondary N) is 1. The zero-order valence-electron chi connectivity index (χ0n) is 11.4. The van der Waals surface area contributed by atoms with E-state index < -0.39 is 6.10 Å². The van der Waals surface area contributed by atoms with Gasteiger partial charge in [-0.3, -0.25) is 0 Å². The Bertz CT molecular complexity index is 387. The summed E-state index contributed by atoms with van der Waals surface area (Å²) in [4.78, 5) is 0. The van der Waals surface area contributed by atoms with Gasteiger partial charge in [-0.25, -0.2) is 4.39 Å². The molecule has 0 saturated carbocycles. The van der Waals surface area contributed by atoms with Gasteiger partial charge in [0.25, 0.3) is 0 Å². The lowest BCUT2D eigenvalue weighted by Crippen LogP contribution is -2.23. The van der Waals surface area contributed by atoms with Crippen molar-refractivity contribution in [1.82, 2.24) is 5.32 Å². The minimum absolute atomic E-state index is 0.0295. The summed E-state index contributed by atoms with van der Waals surface area (Å²) >= 11 is 0. The summed E-state index contributed by atoms with van der Waals surface area (Å²) in [5.41, 5.74) is 0.833. The smallest absolute Gasteiger partial charge is 0.127 e. The molecule has 0 bridgehead atoms. The van der Waals surface area contributed by atoms with Gasteiger partial charge in [-0.2, -0.15) is 0 Å². The van der Waals surface area contributed by atoms with Crippen LogP contribution in [0.5, 0.6) is 5.75 Å². The molecule has 0 amide bonds. The molecule has 19 heavy (non-hydrogen) atoms. The van der Waals surface area contributed by atoms with Crippen molar-refractivity contribution in [3.63, 3.8) is 0 Å². The van der Waals surface area contributed by atoms with E-state index in [-0.39, 0.29) is 25.1 Å². The van der Waals surface area contributed by atoms with Crippen molar-refractivity contribution in [3.05, 3.63) is 29.6 Å². The third-order valence-electron chi connectivity index (χ3n) is 2.78. The Balaban J connectivity index is 2.78. The highest BCUT2D eigenvalue weighted by Gasteiger charge is 2.13. The number of hydrogen-bond acceptors (Lipinski definition) is 4. The van der Waals surface area contributed by atoms with Crippen molar-refractivity contribution in [2.45, 2.75) is 32.4 Å². The van der Waals surface area contributed by atoms with Crippen molar-refractivity contribution in [2.75, 3.05) is 19.8 Å². The number of benzene rings is 1. The fourth-order valence-corrected chi connectivity index (χ4v) is 1.70. The maximum absolute atomic E-state index is 13.3. The largest absolute Gasteiger partial charge is 0.490 e. The number of halogens is 1. The zero-order chi connectivity index (χ0) is 14.3. The highest BCUT2D eigenvalue weighted by atomic mass is 19.1. The molecule has 108 valence electrons. The van der Waals surface area contributed by atoms with Crippen LogP contribution in [-0.2, 0) is 0 Å². The fourth-order valence-electron chi connectivity index (χ4n) is 1.70. The maximum Gasteiger partial charge on any atom is 0.127 e.